The highest BCUT2D eigenvalue weighted by Gasteiger charge is 2.19. The summed E-state index contributed by atoms with van der Waals surface area (Å²) in [5, 5.41) is 26.4. The van der Waals surface area contributed by atoms with Crippen LogP contribution in [-0.2, 0) is 0 Å². The van der Waals surface area contributed by atoms with Crippen LogP contribution in [0.15, 0.2) is 53.6 Å². The minimum Gasteiger partial charge on any atom is -0.271 e. The fraction of sp³-hybridized carbons (Fsp3) is 0.0625. The van der Waals surface area contributed by atoms with Crippen molar-refractivity contribution in [1.29, 1.82) is 0 Å². The zero-order chi connectivity index (χ0) is 18.4. The number of benzene rings is 2. The molecule has 0 aliphatic rings. The Kier molecular flexibility index (Phi) is 5.80. The molecule has 0 aromatic heterocycles. The normalized spacial score (nSPS) is 11.5. The summed E-state index contributed by atoms with van der Waals surface area (Å²) in [6.45, 7) is 1.71. The van der Waals surface area contributed by atoms with Crippen LogP contribution in [-0.4, -0.2) is 15.6 Å². The standard InChI is InChI=1S/C16H13ClN4O4/c1-11(2-3-12-4-6-13(17)7-5-12)18-19-15-9-8-14(20(22)23)10-16(15)21(24)25/h2-10,19H,1H3/b3-2+,18-11+. The van der Waals surface area contributed by atoms with Gasteiger partial charge in [0.25, 0.3) is 5.69 Å². The Morgan fingerprint density at radius 1 is 1.12 bits per heavy atom. The number of anilines is 1. The number of non-ortho nitro benzene ring substituents is 1. The van der Waals surface area contributed by atoms with Gasteiger partial charge >= 0.3 is 5.69 Å². The van der Waals surface area contributed by atoms with Crippen molar-refractivity contribution in [2.24, 2.45) is 5.10 Å². The van der Waals surface area contributed by atoms with Crippen LogP contribution in [0, 0.1) is 20.2 Å². The summed E-state index contributed by atoms with van der Waals surface area (Å²) in [5.41, 5.74) is 3.31. The minimum absolute atomic E-state index is 0.0647. The van der Waals surface area contributed by atoms with Crippen LogP contribution in [0.5, 0.6) is 0 Å². The van der Waals surface area contributed by atoms with Crippen LogP contribution in [0.4, 0.5) is 17.1 Å². The van der Waals surface area contributed by atoms with Crippen LogP contribution >= 0.6 is 11.6 Å². The molecule has 0 saturated carbocycles. The van der Waals surface area contributed by atoms with Gasteiger partial charge in [-0.15, -0.1) is 0 Å². The number of hydrogen-bond donors (Lipinski definition) is 1. The number of nitro benzene ring substituents is 2. The molecular weight excluding hydrogens is 348 g/mol. The Balaban J connectivity index is 2.15. The van der Waals surface area contributed by atoms with Gasteiger partial charge in [0, 0.05) is 11.1 Å². The lowest BCUT2D eigenvalue weighted by atomic mass is 10.2. The highest BCUT2D eigenvalue weighted by atomic mass is 35.5. The summed E-state index contributed by atoms with van der Waals surface area (Å²) >= 11 is 5.81. The molecule has 0 spiro atoms. The number of allylic oxidation sites excluding steroid dienone is 1. The van der Waals surface area contributed by atoms with E-state index in [-0.39, 0.29) is 11.4 Å². The quantitative estimate of drug-likeness (QED) is 0.457. The van der Waals surface area contributed by atoms with Gasteiger partial charge < -0.3 is 0 Å². The number of rotatable bonds is 6. The molecule has 1 N–H and O–H groups in total. The summed E-state index contributed by atoms with van der Waals surface area (Å²) < 4.78 is 0. The maximum Gasteiger partial charge on any atom is 0.301 e. The monoisotopic (exact) mass is 360 g/mol. The van der Waals surface area contributed by atoms with Crippen LogP contribution < -0.4 is 5.43 Å². The average Bonchev–Trinajstić information content (AvgIpc) is 2.59. The van der Waals surface area contributed by atoms with E-state index in [1.54, 1.807) is 31.2 Å². The second-order valence-electron chi connectivity index (χ2n) is 4.97. The minimum atomic E-state index is -0.705. The van der Waals surface area contributed by atoms with Crippen molar-refractivity contribution in [3.05, 3.63) is 79.4 Å². The Bertz CT molecular complexity index is 863. The van der Waals surface area contributed by atoms with Crippen molar-refractivity contribution in [2.75, 3.05) is 5.43 Å². The van der Waals surface area contributed by atoms with E-state index in [0.29, 0.717) is 10.7 Å². The molecule has 0 saturated heterocycles. The van der Waals surface area contributed by atoms with Crippen molar-refractivity contribution >= 4 is 40.5 Å². The zero-order valence-corrected chi connectivity index (χ0v) is 13.8. The zero-order valence-electron chi connectivity index (χ0n) is 13.0. The number of nitrogens with zero attached hydrogens (tertiary/aromatic N) is 3. The Morgan fingerprint density at radius 2 is 1.80 bits per heavy atom. The first kappa shape index (κ1) is 18.1. The number of nitrogens with one attached hydrogen (secondary N) is 1. The van der Waals surface area contributed by atoms with Crippen molar-refractivity contribution in [1.82, 2.24) is 0 Å². The van der Waals surface area contributed by atoms with Gasteiger partial charge in [0.05, 0.1) is 21.6 Å². The molecule has 2 rings (SSSR count). The second-order valence-corrected chi connectivity index (χ2v) is 5.40. The molecule has 0 aliphatic carbocycles. The molecule has 0 fully saturated rings. The third kappa shape index (κ3) is 5.11. The molecule has 2 aromatic carbocycles. The van der Waals surface area contributed by atoms with Gasteiger partial charge in [0.2, 0.25) is 0 Å². The van der Waals surface area contributed by atoms with E-state index in [9.17, 15) is 20.2 Å². The van der Waals surface area contributed by atoms with Crippen molar-refractivity contribution in [3.63, 3.8) is 0 Å². The summed E-state index contributed by atoms with van der Waals surface area (Å²) in [7, 11) is 0. The van der Waals surface area contributed by atoms with Gasteiger partial charge in [0.15, 0.2) is 0 Å². The molecule has 0 heterocycles. The molecule has 25 heavy (non-hydrogen) atoms. The Hall–Kier alpha value is -3.26. The number of nitro groups is 2. The van der Waals surface area contributed by atoms with Crippen LogP contribution in [0.3, 0.4) is 0 Å². The SMILES string of the molecule is CC(/C=C/c1ccc(Cl)cc1)=N\Nc1ccc([N+](=O)[O-])cc1[N+](=O)[O-]. The van der Waals surface area contributed by atoms with E-state index < -0.39 is 15.5 Å². The Morgan fingerprint density at radius 3 is 2.40 bits per heavy atom. The largest absolute Gasteiger partial charge is 0.301 e. The maximum absolute atomic E-state index is 11.0. The molecule has 0 unspecified atom stereocenters. The van der Waals surface area contributed by atoms with Gasteiger partial charge in [-0.2, -0.15) is 5.10 Å². The Labute approximate surface area is 147 Å². The molecular formula is C16H13ClN4O4. The van der Waals surface area contributed by atoms with Gasteiger partial charge in [-0.05, 0) is 36.8 Å². The lowest BCUT2D eigenvalue weighted by Gasteiger charge is -2.02. The number of hydrogen-bond acceptors (Lipinski definition) is 6. The smallest absolute Gasteiger partial charge is 0.271 e. The van der Waals surface area contributed by atoms with Crippen molar-refractivity contribution in [2.45, 2.75) is 6.92 Å². The number of hydrazone groups is 1. The average molecular weight is 361 g/mol. The highest BCUT2D eigenvalue weighted by molar-refractivity contribution is 6.30. The molecule has 9 heteroatoms. The molecule has 128 valence electrons. The van der Waals surface area contributed by atoms with Gasteiger partial charge in [-0.3, -0.25) is 25.7 Å². The maximum atomic E-state index is 11.0. The third-order valence-corrected chi connectivity index (χ3v) is 3.38. The summed E-state index contributed by atoms with van der Waals surface area (Å²) in [4.78, 5) is 20.4. The first-order chi connectivity index (χ1) is 11.9. The first-order valence-electron chi connectivity index (χ1n) is 7.03. The van der Waals surface area contributed by atoms with E-state index >= 15 is 0 Å². The molecule has 8 nitrogen and oxygen atoms in total. The number of halogens is 1. The topological polar surface area (TPSA) is 111 Å². The van der Waals surface area contributed by atoms with Crippen molar-refractivity contribution < 1.29 is 9.85 Å². The molecule has 0 radical (unpaired) electrons. The molecule has 0 amide bonds. The predicted octanol–water partition coefficient (Wildman–Crippen LogP) is 4.66. The van der Waals surface area contributed by atoms with E-state index in [4.69, 9.17) is 11.6 Å². The highest BCUT2D eigenvalue weighted by Crippen LogP contribution is 2.28. The fourth-order valence-electron chi connectivity index (χ4n) is 1.86. The summed E-state index contributed by atoms with van der Waals surface area (Å²) in [6, 6.07) is 10.5. The van der Waals surface area contributed by atoms with Crippen molar-refractivity contribution in [3.8, 4) is 0 Å². The lowest BCUT2D eigenvalue weighted by molar-refractivity contribution is -0.393. The molecule has 2 aromatic rings. The van der Waals surface area contributed by atoms with E-state index in [0.717, 1.165) is 11.6 Å². The van der Waals surface area contributed by atoms with Crippen LogP contribution in [0.2, 0.25) is 5.02 Å². The van der Waals surface area contributed by atoms with Crippen LogP contribution in [0.1, 0.15) is 12.5 Å². The summed E-state index contributed by atoms with van der Waals surface area (Å²) in [5.74, 6) is 0. The van der Waals surface area contributed by atoms with E-state index in [2.05, 4.69) is 10.5 Å². The molecule has 0 atom stereocenters. The van der Waals surface area contributed by atoms with Crippen LogP contribution in [0.25, 0.3) is 6.08 Å². The van der Waals surface area contributed by atoms with Gasteiger partial charge in [-0.25, -0.2) is 0 Å². The van der Waals surface area contributed by atoms with Gasteiger partial charge in [0.1, 0.15) is 5.69 Å². The first-order valence-corrected chi connectivity index (χ1v) is 7.41. The lowest BCUT2D eigenvalue weighted by Crippen LogP contribution is -2.00. The van der Waals surface area contributed by atoms with Gasteiger partial charge in [-0.1, -0.05) is 29.8 Å². The summed E-state index contributed by atoms with van der Waals surface area (Å²) in [6.07, 6.45) is 3.52. The van der Waals surface area contributed by atoms with E-state index in [1.807, 2.05) is 12.1 Å². The molecule has 0 bridgehead atoms. The predicted molar refractivity (Wildman–Crippen MR) is 97.0 cm³/mol. The fourth-order valence-corrected chi connectivity index (χ4v) is 1.98. The second kappa shape index (κ2) is 8.02. The molecule has 0 aliphatic heterocycles. The third-order valence-electron chi connectivity index (χ3n) is 3.13. The van der Waals surface area contributed by atoms with E-state index in [1.165, 1.54) is 12.1 Å².